The Bertz CT molecular complexity index is 1330. The van der Waals surface area contributed by atoms with E-state index in [1.165, 1.54) is 24.3 Å². The first-order chi connectivity index (χ1) is 15.9. The summed E-state index contributed by atoms with van der Waals surface area (Å²) in [6.07, 6.45) is 0.0608. The topological polar surface area (TPSA) is 127 Å². The highest BCUT2D eigenvalue weighted by Gasteiger charge is 2.44. The zero-order chi connectivity index (χ0) is 24.8. The highest BCUT2D eigenvalue weighted by Crippen LogP contribution is 2.32. The molecule has 34 heavy (non-hydrogen) atoms. The number of rotatable bonds is 5. The van der Waals surface area contributed by atoms with Crippen LogP contribution < -0.4 is 10.1 Å². The van der Waals surface area contributed by atoms with E-state index >= 15 is 0 Å². The molecule has 0 aliphatic carbocycles. The Labute approximate surface area is 197 Å². The number of hydrogen-bond donors (Lipinski definition) is 1. The van der Waals surface area contributed by atoms with E-state index in [4.69, 9.17) is 4.74 Å². The van der Waals surface area contributed by atoms with E-state index in [1.54, 1.807) is 18.2 Å². The molecule has 9 nitrogen and oxygen atoms in total. The third-order valence-corrected chi connectivity index (χ3v) is 7.18. The lowest BCUT2D eigenvalue weighted by atomic mass is 10.0. The zero-order valence-electron chi connectivity index (χ0n) is 19.0. The number of amides is 4. The van der Waals surface area contributed by atoms with E-state index in [2.05, 4.69) is 5.32 Å². The van der Waals surface area contributed by atoms with Crippen molar-refractivity contribution < 1.29 is 32.3 Å². The predicted molar refractivity (Wildman–Crippen MR) is 121 cm³/mol. The standard InChI is InChI=1S/C24H24N2O7S/c1-24(2,3)33-18-6-4-5-7-19(18)34(31,32)13-14-8-9-15-16(12-14)23(30)26(22(15)29)17-10-11-20(27)25-21(17)28/h4-9,12,17H,10-11,13H2,1-3H3,(H,25,27,28). The quantitative estimate of drug-likeness (QED) is 0.645. The van der Waals surface area contributed by atoms with Crippen LogP contribution in [0, 0.1) is 0 Å². The van der Waals surface area contributed by atoms with E-state index in [-0.39, 0.29) is 34.6 Å². The molecule has 2 aromatic carbocycles. The molecule has 1 N–H and O–H groups in total. The number of carbonyl (C=O) groups is 4. The summed E-state index contributed by atoms with van der Waals surface area (Å²) < 4.78 is 32.2. The van der Waals surface area contributed by atoms with Gasteiger partial charge >= 0.3 is 0 Å². The molecular weight excluding hydrogens is 460 g/mol. The minimum atomic E-state index is -3.85. The zero-order valence-corrected chi connectivity index (χ0v) is 19.8. The molecule has 2 aliphatic rings. The number of piperidine rings is 1. The summed E-state index contributed by atoms with van der Waals surface area (Å²) in [5.41, 5.74) is -0.171. The van der Waals surface area contributed by atoms with Gasteiger partial charge in [-0.15, -0.1) is 0 Å². The van der Waals surface area contributed by atoms with Crippen molar-refractivity contribution in [2.45, 2.75) is 55.9 Å². The van der Waals surface area contributed by atoms with E-state index in [0.29, 0.717) is 5.56 Å². The largest absolute Gasteiger partial charge is 0.487 e. The summed E-state index contributed by atoms with van der Waals surface area (Å²) in [7, 11) is -3.85. The molecule has 0 saturated carbocycles. The molecule has 2 heterocycles. The average Bonchev–Trinajstić information content (AvgIpc) is 2.97. The Hall–Kier alpha value is -3.53. The summed E-state index contributed by atoms with van der Waals surface area (Å²) in [5, 5.41) is 2.14. The first-order valence-corrected chi connectivity index (χ1v) is 12.4. The molecule has 0 aromatic heterocycles. The predicted octanol–water partition coefficient (Wildman–Crippen LogP) is 2.24. The fraction of sp³-hybridized carbons (Fsp3) is 0.333. The van der Waals surface area contributed by atoms with E-state index in [0.717, 1.165) is 4.90 Å². The van der Waals surface area contributed by atoms with Gasteiger partial charge in [-0.1, -0.05) is 18.2 Å². The minimum absolute atomic E-state index is 0.0172. The van der Waals surface area contributed by atoms with Crippen LogP contribution in [0.5, 0.6) is 5.75 Å². The minimum Gasteiger partial charge on any atom is -0.487 e. The van der Waals surface area contributed by atoms with E-state index in [9.17, 15) is 27.6 Å². The first-order valence-electron chi connectivity index (χ1n) is 10.7. The summed E-state index contributed by atoms with van der Waals surface area (Å²) >= 11 is 0. The summed E-state index contributed by atoms with van der Waals surface area (Å²) in [5.74, 6) is -2.68. The molecule has 4 rings (SSSR count). The number of hydrogen-bond acceptors (Lipinski definition) is 7. The molecule has 0 spiro atoms. The average molecular weight is 485 g/mol. The monoisotopic (exact) mass is 484 g/mol. The maximum absolute atomic E-state index is 13.2. The van der Waals surface area contributed by atoms with Gasteiger partial charge in [0.05, 0.1) is 16.9 Å². The molecule has 2 aromatic rings. The van der Waals surface area contributed by atoms with Crippen LogP contribution in [-0.4, -0.2) is 48.6 Å². The second-order valence-corrected chi connectivity index (χ2v) is 11.2. The number of benzene rings is 2. The van der Waals surface area contributed by atoms with Gasteiger partial charge in [0.25, 0.3) is 11.8 Å². The molecule has 0 radical (unpaired) electrons. The van der Waals surface area contributed by atoms with Crippen LogP contribution in [0.1, 0.15) is 59.9 Å². The second kappa shape index (κ2) is 8.35. The molecule has 178 valence electrons. The molecule has 1 fully saturated rings. The van der Waals surface area contributed by atoms with Gasteiger partial charge in [0.15, 0.2) is 9.84 Å². The van der Waals surface area contributed by atoms with Crippen LogP contribution in [0.3, 0.4) is 0 Å². The van der Waals surface area contributed by atoms with E-state index < -0.39 is 50.9 Å². The lowest BCUT2D eigenvalue weighted by molar-refractivity contribution is -0.136. The maximum atomic E-state index is 13.2. The molecule has 0 bridgehead atoms. The number of ether oxygens (including phenoxy) is 1. The van der Waals surface area contributed by atoms with Crippen LogP contribution in [0.4, 0.5) is 0 Å². The highest BCUT2D eigenvalue weighted by molar-refractivity contribution is 7.90. The fourth-order valence-corrected chi connectivity index (χ4v) is 5.50. The number of nitrogens with zero attached hydrogens (tertiary/aromatic N) is 1. The van der Waals surface area contributed by atoms with Gasteiger partial charge in [0.1, 0.15) is 22.3 Å². The van der Waals surface area contributed by atoms with Crippen LogP contribution in [-0.2, 0) is 25.2 Å². The van der Waals surface area contributed by atoms with Crippen molar-refractivity contribution in [3.63, 3.8) is 0 Å². The number of nitrogens with one attached hydrogen (secondary N) is 1. The van der Waals surface area contributed by atoms with Crippen molar-refractivity contribution in [1.82, 2.24) is 10.2 Å². The number of carbonyl (C=O) groups excluding carboxylic acids is 4. The Balaban J connectivity index is 1.62. The molecule has 2 aliphatic heterocycles. The van der Waals surface area contributed by atoms with Gasteiger partial charge in [0.2, 0.25) is 11.8 Å². The lowest BCUT2D eigenvalue weighted by Crippen LogP contribution is -2.54. The van der Waals surface area contributed by atoms with Gasteiger partial charge in [-0.3, -0.25) is 29.4 Å². The molecule has 1 saturated heterocycles. The van der Waals surface area contributed by atoms with Crippen molar-refractivity contribution in [1.29, 1.82) is 0 Å². The summed E-state index contributed by atoms with van der Waals surface area (Å²) in [4.78, 5) is 50.3. The molecule has 10 heteroatoms. The molecule has 1 unspecified atom stereocenters. The number of sulfone groups is 1. The van der Waals surface area contributed by atoms with Crippen molar-refractivity contribution >= 4 is 33.5 Å². The lowest BCUT2D eigenvalue weighted by Gasteiger charge is -2.27. The summed E-state index contributed by atoms with van der Waals surface area (Å²) in [6.45, 7) is 5.44. The van der Waals surface area contributed by atoms with Gasteiger partial charge in [-0.2, -0.15) is 0 Å². The van der Waals surface area contributed by atoms with Crippen LogP contribution in [0.25, 0.3) is 0 Å². The fourth-order valence-electron chi connectivity index (χ4n) is 4.03. The van der Waals surface area contributed by atoms with Crippen molar-refractivity contribution in [2.24, 2.45) is 0 Å². The van der Waals surface area contributed by atoms with Gasteiger partial charge in [-0.05, 0) is 57.0 Å². The summed E-state index contributed by atoms with van der Waals surface area (Å²) in [6, 6.07) is 9.48. The second-order valence-electron chi connectivity index (χ2n) is 9.25. The molecule has 1 atom stereocenters. The molecular formula is C24H24N2O7S. The van der Waals surface area contributed by atoms with Crippen molar-refractivity contribution in [2.75, 3.05) is 0 Å². The number of para-hydroxylation sites is 1. The van der Waals surface area contributed by atoms with Gasteiger partial charge < -0.3 is 4.74 Å². The van der Waals surface area contributed by atoms with Gasteiger partial charge in [-0.25, -0.2) is 8.42 Å². The Morgan fingerprint density at radius 1 is 1.00 bits per heavy atom. The smallest absolute Gasteiger partial charge is 0.262 e. The highest BCUT2D eigenvalue weighted by atomic mass is 32.2. The third kappa shape index (κ3) is 4.45. The Morgan fingerprint density at radius 2 is 1.68 bits per heavy atom. The number of fused-ring (bicyclic) bond motifs is 1. The third-order valence-electron chi connectivity index (χ3n) is 5.46. The normalized spacial score (nSPS) is 18.7. The SMILES string of the molecule is CC(C)(C)Oc1ccccc1S(=O)(=O)Cc1ccc2c(c1)C(=O)N(C1CCC(=O)NC1=O)C2=O. The van der Waals surface area contributed by atoms with E-state index in [1.807, 2.05) is 20.8 Å². The first kappa shape index (κ1) is 23.6. The Kier molecular flexibility index (Phi) is 5.80. The molecule has 4 amide bonds. The maximum Gasteiger partial charge on any atom is 0.262 e. The van der Waals surface area contributed by atoms with Crippen molar-refractivity contribution in [3.05, 3.63) is 59.2 Å². The van der Waals surface area contributed by atoms with Crippen LogP contribution in [0.15, 0.2) is 47.4 Å². The van der Waals surface area contributed by atoms with Gasteiger partial charge in [0, 0.05) is 6.42 Å². The Morgan fingerprint density at radius 3 is 2.35 bits per heavy atom. The number of imide groups is 2. The van der Waals surface area contributed by atoms with Crippen LogP contribution >= 0.6 is 0 Å². The van der Waals surface area contributed by atoms with Crippen molar-refractivity contribution in [3.8, 4) is 5.75 Å². The van der Waals surface area contributed by atoms with Crippen LogP contribution in [0.2, 0.25) is 0 Å².